The normalized spacial score (nSPS) is 24.6. The van der Waals surface area contributed by atoms with Crippen LogP contribution in [0.2, 0.25) is 0 Å². The molecular formula is C17H28N2. The van der Waals surface area contributed by atoms with Gasteiger partial charge in [0, 0.05) is 18.1 Å². The standard InChI is InChI=1S/C17H28N2/c1-12(2)13(3)19(5)16-11-10-14-8-6-7-9-15(14)17(16)18-4/h6-9,12-13,16-18H,10-11H2,1-5H3. The summed E-state index contributed by atoms with van der Waals surface area (Å²) in [6.45, 7) is 6.97. The van der Waals surface area contributed by atoms with Crippen LogP contribution in [0, 0.1) is 5.92 Å². The molecule has 0 aromatic heterocycles. The second-order valence-corrected chi connectivity index (χ2v) is 6.22. The Bertz CT molecular complexity index is 413. The van der Waals surface area contributed by atoms with Crippen LogP contribution in [0.5, 0.6) is 0 Å². The Balaban J connectivity index is 2.24. The lowest BCUT2D eigenvalue weighted by Crippen LogP contribution is -2.49. The smallest absolute Gasteiger partial charge is 0.0478 e. The van der Waals surface area contributed by atoms with Gasteiger partial charge >= 0.3 is 0 Å². The predicted molar refractivity (Wildman–Crippen MR) is 82.4 cm³/mol. The first-order valence-corrected chi connectivity index (χ1v) is 7.53. The van der Waals surface area contributed by atoms with Crippen LogP contribution >= 0.6 is 0 Å². The van der Waals surface area contributed by atoms with Crippen LogP contribution in [0.25, 0.3) is 0 Å². The summed E-state index contributed by atoms with van der Waals surface area (Å²) >= 11 is 0. The number of rotatable bonds is 4. The molecule has 1 aromatic carbocycles. The average Bonchev–Trinajstić information content (AvgIpc) is 2.44. The van der Waals surface area contributed by atoms with Gasteiger partial charge in [-0.15, -0.1) is 0 Å². The molecule has 106 valence electrons. The van der Waals surface area contributed by atoms with Crippen molar-refractivity contribution < 1.29 is 0 Å². The van der Waals surface area contributed by atoms with Gasteiger partial charge in [-0.3, -0.25) is 4.90 Å². The van der Waals surface area contributed by atoms with Crippen molar-refractivity contribution in [3.8, 4) is 0 Å². The number of nitrogens with one attached hydrogen (secondary N) is 1. The van der Waals surface area contributed by atoms with E-state index in [1.54, 1.807) is 0 Å². The van der Waals surface area contributed by atoms with E-state index in [9.17, 15) is 0 Å². The number of hydrogen-bond acceptors (Lipinski definition) is 2. The van der Waals surface area contributed by atoms with Crippen LogP contribution in [0.3, 0.4) is 0 Å². The molecule has 0 saturated heterocycles. The molecule has 3 atom stereocenters. The van der Waals surface area contributed by atoms with Gasteiger partial charge in [-0.2, -0.15) is 0 Å². The van der Waals surface area contributed by atoms with Crippen molar-refractivity contribution in [2.75, 3.05) is 14.1 Å². The fourth-order valence-electron chi connectivity index (χ4n) is 3.30. The van der Waals surface area contributed by atoms with Crippen molar-refractivity contribution in [2.45, 2.75) is 51.7 Å². The summed E-state index contributed by atoms with van der Waals surface area (Å²) in [5.41, 5.74) is 3.01. The summed E-state index contributed by atoms with van der Waals surface area (Å²) in [6.07, 6.45) is 2.45. The van der Waals surface area contributed by atoms with Crippen molar-refractivity contribution in [1.82, 2.24) is 10.2 Å². The summed E-state index contributed by atoms with van der Waals surface area (Å²) < 4.78 is 0. The third-order valence-electron chi connectivity index (χ3n) is 4.93. The molecule has 3 unspecified atom stereocenters. The third-order valence-corrected chi connectivity index (χ3v) is 4.93. The van der Waals surface area contributed by atoms with E-state index >= 15 is 0 Å². The number of nitrogens with zero attached hydrogens (tertiary/aromatic N) is 1. The second-order valence-electron chi connectivity index (χ2n) is 6.22. The van der Waals surface area contributed by atoms with Crippen molar-refractivity contribution in [1.29, 1.82) is 0 Å². The van der Waals surface area contributed by atoms with Crippen LogP contribution in [-0.4, -0.2) is 31.1 Å². The molecule has 0 heterocycles. The fourth-order valence-corrected chi connectivity index (χ4v) is 3.30. The first-order valence-electron chi connectivity index (χ1n) is 7.53. The molecule has 2 heteroatoms. The van der Waals surface area contributed by atoms with E-state index in [2.05, 4.69) is 69.3 Å². The van der Waals surface area contributed by atoms with Crippen LogP contribution in [-0.2, 0) is 6.42 Å². The zero-order valence-electron chi connectivity index (χ0n) is 13.0. The summed E-state index contributed by atoms with van der Waals surface area (Å²) in [4.78, 5) is 2.57. The Morgan fingerprint density at radius 1 is 1.21 bits per heavy atom. The number of aryl methyl sites for hydroxylation is 1. The molecular weight excluding hydrogens is 232 g/mol. The molecule has 0 spiro atoms. The molecule has 19 heavy (non-hydrogen) atoms. The second kappa shape index (κ2) is 6.06. The van der Waals surface area contributed by atoms with Gasteiger partial charge in [0.15, 0.2) is 0 Å². The van der Waals surface area contributed by atoms with Crippen LogP contribution in [0.1, 0.15) is 44.4 Å². The van der Waals surface area contributed by atoms with E-state index in [1.807, 2.05) is 0 Å². The lowest BCUT2D eigenvalue weighted by molar-refractivity contribution is 0.108. The maximum atomic E-state index is 3.54. The zero-order chi connectivity index (χ0) is 14.0. The quantitative estimate of drug-likeness (QED) is 0.894. The number of hydrogen-bond donors (Lipinski definition) is 1. The number of benzene rings is 1. The third kappa shape index (κ3) is 2.85. The van der Waals surface area contributed by atoms with Gasteiger partial charge in [-0.1, -0.05) is 38.1 Å². The highest BCUT2D eigenvalue weighted by Gasteiger charge is 2.33. The lowest BCUT2D eigenvalue weighted by Gasteiger charge is -2.43. The number of likely N-dealkylation sites (N-methyl/N-ethyl adjacent to an activating group) is 2. The molecule has 0 bridgehead atoms. The van der Waals surface area contributed by atoms with Crippen molar-refractivity contribution >= 4 is 0 Å². The van der Waals surface area contributed by atoms with E-state index < -0.39 is 0 Å². The van der Waals surface area contributed by atoms with E-state index in [0.717, 1.165) is 0 Å². The van der Waals surface area contributed by atoms with Crippen molar-refractivity contribution in [3.05, 3.63) is 35.4 Å². The topological polar surface area (TPSA) is 15.3 Å². The Hall–Kier alpha value is -0.860. The molecule has 0 aliphatic heterocycles. The predicted octanol–water partition coefficient (Wildman–Crippen LogP) is 3.24. The molecule has 1 aliphatic rings. The van der Waals surface area contributed by atoms with Gasteiger partial charge in [0.1, 0.15) is 0 Å². The SMILES string of the molecule is CNC1c2ccccc2CCC1N(C)C(C)C(C)C. The summed E-state index contributed by atoms with van der Waals surface area (Å²) in [6, 6.07) is 10.6. The zero-order valence-corrected chi connectivity index (χ0v) is 13.0. The summed E-state index contributed by atoms with van der Waals surface area (Å²) in [5.74, 6) is 0.694. The minimum atomic E-state index is 0.455. The fraction of sp³-hybridized carbons (Fsp3) is 0.647. The minimum Gasteiger partial charge on any atom is -0.312 e. The highest BCUT2D eigenvalue weighted by atomic mass is 15.2. The maximum Gasteiger partial charge on any atom is 0.0478 e. The molecule has 0 fully saturated rings. The Morgan fingerprint density at radius 3 is 2.53 bits per heavy atom. The Labute approximate surface area is 118 Å². The summed E-state index contributed by atoms with van der Waals surface area (Å²) in [5, 5.41) is 3.54. The van der Waals surface area contributed by atoms with Crippen LogP contribution in [0.15, 0.2) is 24.3 Å². The first kappa shape index (κ1) is 14.5. The van der Waals surface area contributed by atoms with Crippen LogP contribution in [0.4, 0.5) is 0 Å². The molecule has 1 aromatic rings. The molecule has 1 aliphatic carbocycles. The molecule has 0 amide bonds. The minimum absolute atomic E-state index is 0.455. The Kier molecular flexibility index (Phi) is 4.64. The Morgan fingerprint density at radius 2 is 1.89 bits per heavy atom. The molecule has 1 N–H and O–H groups in total. The molecule has 0 saturated carbocycles. The molecule has 2 rings (SSSR count). The number of fused-ring (bicyclic) bond motifs is 1. The highest BCUT2D eigenvalue weighted by molar-refractivity contribution is 5.34. The average molecular weight is 260 g/mol. The molecule has 2 nitrogen and oxygen atoms in total. The van der Waals surface area contributed by atoms with Gasteiger partial charge in [-0.25, -0.2) is 0 Å². The highest BCUT2D eigenvalue weighted by Crippen LogP contribution is 2.33. The molecule has 0 radical (unpaired) electrons. The van der Waals surface area contributed by atoms with Gasteiger partial charge < -0.3 is 5.32 Å². The van der Waals surface area contributed by atoms with E-state index in [4.69, 9.17) is 0 Å². The summed E-state index contributed by atoms with van der Waals surface area (Å²) in [7, 11) is 4.38. The van der Waals surface area contributed by atoms with Crippen molar-refractivity contribution in [2.24, 2.45) is 5.92 Å². The van der Waals surface area contributed by atoms with E-state index in [-0.39, 0.29) is 0 Å². The van der Waals surface area contributed by atoms with Gasteiger partial charge in [-0.05, 0) is 50.9 Å². The monoisotopic (exact) mass is 260 g/mol. The largest absolute Gasteiger partial charge is 0.312 e. The first-order chi connectivity index (χ1) is 9.06. The van der Waals surface area contributed by atoms with Crippen molar-refractivity contribution in [3.63, 3.8) is 0 Å². The lowest BCUT2D eigenvalue weighted by atomic mass is 9.82. The van der Waals surface area contributed by atoms with Crippen LogP contribution < -0.4 is 5.32 Å². The van der Waals surface area contributed by atoms with Gasteiger partial charge in [0.25, 0.3) is 0 Å². The maximum absolute atomic E-state index is 3.54. The van der Waals surface area contributed by atoms with E-state index in [1.165, 1.54) is 24.0 Å². The van der Waals surface area contributed by atoms with Gasteiger partial charge in [0.2, 0.25) is 0 Å². The van der Waals surface area contributed by atoms with E-state index in [0.29, 0.717) is 24.0 Å². The van der Waals surface area contributed by atoms with Gasteiger partial charge in [0.05, 0.1) is 0 Å².